The van der Waals surface area contributed by atoms with E-state index in [9.17, 15) is 14.4 Å². The zero-order valence-corrected chi connectivity index (χ0v) is 23.3. The van der Waals surface area contributed by atoms with Crippen LogP contribution in [0.4, 0.5) is 11.4 Å². The van der Waals surface area contributed by atoms with Crippen LogP contribution in [0.5, 0.6) is 5.75 Å². The number of rotatable bonds is 9. The lowest BCUT2D eigenvalue weighted by molar-refractivity contribution is -0.116. The highest BCUT2D eigenvalue weighted by molar-refractivity contribution is 8.00. The predicted molar refractivity (Wildman–Crippen MR) is 163 cm³/mol. The largest absolute Gasteiger partial charge is 0.497 e. The van der Waals surface area contributed by atoms with Gasteiger partial charge in [-0.05, 0) is 78.2 Å². The highest BCUT2D eigenvalue weighted by atomic mass is 32.2. The summed E-state index contributed by atoms with van der Waals surface area (Å²) in [6, 6.07) is 31.2. The summed E-state index contributed by atoms with van der Waals surface area (Å²) in [5.74, 6) is 0.220. The average Bonchev–Trinajstić information content (AvgIpc) is 3.45. The predicted octanol–water partition coefficient (Wildman–Crippen LogP) is 5.79. The highest BCUT2D eigenvalue weighted by Gasteiger charge is 2.24. The summed E-state index contributed by atoms with van der Waals surface area (Å²) in [7, 11) is 1.58. The second kappa shape index (κ2) is 13.0. The Morgan fingerprint density at radius 1 is 0.878 bits per heavy atom. The van der Waals surface area contributed by atoms with Gasteiger partial charge in [0.15, 0.2) is 0 Å². The third kappa shape index (κ3) is 7.04. The molecular formula is C33H29N3O4S. The number of carbonyl (C=O) groups excluding carboxylic acids is 3. The van der Waals surface area contributed by atoms with Crippen LogP contribution in [0.15, 0.2) is 114 Å². The van der Waals surface area contributed by atoms with Gasteiger partial charge in [-0.2, -0.15) is 0 Å². The van der Waals surface area contributed by atoms with Gasteiger partial charge in [-0.15, -0.1) is 11.8 Å². The minimum Gasteiger partial charge on any atom is -0.497 e. The molecule has 0 radical (unpaired) electrons. The third-order valence-corrected chi connectivity index (χ3v) is 7.62. The van der Waals surface area contributed by atoms with E-state index in [1.165, 1.54) is 17.3 Å². The van der Waals surface area contributed by atoms with Gasteiger partial charge >= 0.3 is 0 Å². The van der Waals surface area contributed by atoms with Crippen LogP contribution in [-0.2, 0) is 16.0 Å². The Morgan fingerprint density at radius 2 is 1.59 bits per heavy atom. The molecular weight excluding hydrogens is 534 g/mol. The van der Waals surface area contributed by atoms with Gasteiger partial charge in [-0.3, -0.25) is 14.4 Å². The van der Waals surface area contributed by atoms with Crippen LogP contribution in [0.3, 0.4) is 0 Å². The monoisotopic (exact) mass is 563 g/mol. The SMILES string of the molecule is COc1ccc(C=C(NC(=O)c2ccccc2)C(=O)Nc2ccc(SCC(=O)N3CCc4ccccc43)cc2)cc1. The summed E-state index contributed by atoms with van der Waals surface area (Å²) < 4.78 is 5.21. The molecule has 206 valence electrons. The fourth-order valence-electron chi connectivity index (χ4n) is 4.46. The lowest BCUT2D eigenvalue weighted by Gasteiger charge is -2.17. The maximum absolute atomic E-state index is 13.3. The topological polar surface area (TPSA) is 87.7 Å². The molecule has 5 rings (SSSR count). The van der Waals surface area contributed by atoms with Crippen molar-refractivity contribution in [2.45, 2.75) is 11.3 Å². The summed E-state index contributed by atoms with van der Waals surface area (Å²) in [4.78, 5) is 41.7. The molecule has 0 atom stereocenters. The molecule has 0 unspecified atom stereocenters. The molecule has 41 heavy (non-hydrogen) atoms. The number of hydrogen-bond acceptors (Lipinski definition) is 5. The number of benzene rings is 4. The number of nitrogens with one attached hydrogen (secondary N) is 2. The van der Waals surface area contributed by atoms with Crippen molar-refractivity contribution < 1.29 is 19.1 Å². The van der Waals surface area contributed by atoms with Crippen LogP contribution in [0, 0.1) is 0 Å². The lowest BCUT2D eigenvalue weighted by Crippen LogP contribution is -2.30. The number of nitrogens with zero attached hydrogens (tertiary/aromatic N) is 1. The van der Waals surface area contributed by atoms with Crippen molar-refractivity contribution in [3.8, 4) is 5.75 Å². The number of methoxy groups -OCH3 is 1. The molecule has 0 saturated carbocycles. The molecule has 0 aliphatic carbocycles. The van der Waals surface area contributed by atoms with Crippen molar-refractivity contribution in [1.29, 1.82) is 0 Å². The normalized spacial score (nSPS) is 12.4. The van der Waals surface area contributed by atoms with E-state index >= 15 is 0 Å². The quantitative estimate of drug-likeness (QED) is 0.199. The number of amides is 3. The molecule has 7 nitrogen and oxygen atoms in total. The van der Waals surface area contributed by atoms with E-state index in [1.807, 2.05) is 41.3 Å². The highest BCUT2D eigenvalue weighted by Crippen LogP contribution is 2.29. The van der Waals surface area contributed by atoms with E-state index in [4.69, 9.17) is 4.74 Å². The van der Waals surface area contributed by atoms with Gasteiger partial charge in [-0.1, -0.05) is 48.5 Å². The van der Waals surface area contributed by atoms with Crippen molar-refractivity contribution >= 4 is 46.9 Å². The summed E-state index contributed by atoms with van der Waals surface area (Å²) in [5, 5.41) is 5.60. The molecule has 1 aliphatic rings. The van der Waals surface area contributed by atoms with Gasteiger partial charge in [0, 0.05) is 28.4 Å². The van der Waals surface area contributed by atoms with Gasteiger partial charge in [0.05, 0.1) is 12.9 Å². The molecule has 1 heterocycles. The molecule has 0 fully saturated rings. The molecule has 0 spiro atoms. The molecule has 8 heteroatoms. The second-order valence-corrected chi connectivity index (χ2v) is 10.4. The first-order valence-electron chi connectivity index (χ1n) is 13.1. The van der Waals surface area contributed by atoms with Gasteiger partial charge in [-0.25, -0.2) is 0 Å². The first-order valence-corrected chi connectivity index (χ1v) is 14.1. The van der Waals surface area contributed by atoms with Crippen molar-refractivity contribution in [1.82, 2.24) is 5.32 Å². The van der Waals surface area contributed by atoms with Gasteiger partial charge in [0.2, 0.25) is 5.91 Å². The Kier molecular flexibility index (Phi) is 8.81. The number of fused-ring (bicyclic) bond motifs is 1. The van der Waals surface area contributed by atoms with E-state index in [0.29, 0.717) is 29.3 Å². The molecule has 0 bridgehead atoms. The van der Waals surface area contributed by atoms with E-state index in [-0.39, 0.29) is 11.6 Å². The summed E-state index contributed by atoms with van der Waals surface area (Å²) >= 11 is 1.45. The standard InChI is InChI=1S/C33H29N3O4S/c1-40-27-15-11-23(12-16-27)21-29(35-32(38)25-8-3-2-4-9-25)33(39)34-26-13-17-28(18-14-26)41-22-31(37)36-20-19-24-7-5-6-10-30(24)36/h2-18,21H,19-20,22H2,1H3,(H,34,39)(H,35,38). The first kappa shape index (κ1) is 27.7. The first-order chi connectivity index (χ1) is 20.0. The number of ether oxygens (including phenoxy) is 1. The zero-order valence-electron chi connectivity index (χ0n) is 22.5. The molecule has 2 N–H and O–H groups in total. The van der Waals surface area contributed by atoms with E-state index in [2.05, 4.69) is 16.7 Å². The number of thioether (sulfide) groups is 1. The Labute approximate surface area is 243 Å². The maximum Gasteiger partial charge on any atom is 0.272 e. The fraction of sp³-hybridized carbons (Fsp3) is 0.121. The number of carbonyl (C=O) groups is 3. The Bertz CT molecular complexity index is 1570. The van der Waals surface area contributed by atoms with Gasteiger partial charge < -0.3 is 20.3 Å². The van der Waals surface area contributed by atoms with Crippen LogP contribution >= 0.6 is 11.8 Å². The van der Waals surface area contributed by atoms with Crippen molar-refractivity contribution in [2.24, 2.45) is 0 Å². The van der Waals surface area contributed by atoms with Crippen LogP contribution in [-0.4, -0.2) is 37.1 Å². The molecule has 0 saturated heterocycles. The van der Waals surface area contributed by atoms with E-state index < -0.39 is 11.8 Å². The number of para-hydroxylation sites is 1. The Morgan fingerprint density at radius 3 is 2.32 bits per heavy atom. The van der Waals surface area contributed by atoms with E-state index in [1.54, 1.807) is 73.8 Å². The minimum atomic E-state index is -0.464. The molecule has 0 aromatic heterocycles. The van der Waals surface area contributed by atoms with Crippen LogP contribution in [0.2, 0.25) is 0 Å². The van der Waals surface area contributed by atoms with Gasteiger partial charge in [0.25, 0.3) is 11.8 Å². The van der Waals surface area contributed by atoms with Crippen molar-refractivity contribution in [3.63, 3.8) is 0 Å². The maximum atomic E-state index is 13.3. The molecule has 4 aromatic rings. The molecule has 3 amide bonds. The van der Waals surface area contributed by atoms with E-state index in [0.717, 1.165) is 22.6 Å². The average molecular weight is 564 g/mol. The Balaban J connectivity index is 1.24. The number of anilines is 2. The van der Waals surface area contributed by atoms with Gasteiger partial charge in [0.1, 0.15) is 11.4 Å². The molecule has 4 aromatic carbocycles. The third-order valence-electron chi connectivity index (χ3n) is 6.62. The summed E-state index contributed by atoms with van der Waals surface area (Å²) in [6.07, 6.45) is 2.49. The van der Waals surface area contributed by atoms with Crippen molar-refractivity contribution in [3.05, 3.63) is 126 Å². The molecule has 1 aliphatic heterocycles. The lowest BCUT2D eigenvalue weighted by atomic mass is 10.1. The summed E-state index contributed by atoms with van der Waals surface area (Å²) in [6.45, 7) is 0.705. The van der Waals surface area contributed by atoms with Crippen LogP contribution < -0.4 is 20.3 Å². The summed E-state index contributed by atoms with van der Waals surface area (Å²) in [5.41, 5.74) is 4.02. The number of hydrogen-bond donors (Lipinski definition) is 2. The Hall–Kier alpha value is -4.82. The van der Waals surface area contributed by atoms with Crippen LogP contribution in [0.1, 0.15) is 21.5 Å². The van der Waals surface area contributed by atoms with Crippen molar-refractivity contribution in [2.75, 3.05) is 29.6 Å². The minimum absolute atomic E-state index is 0.0693. The fourth-order valence-corrected chi connectivity index (χ4v) is 5.24. The second-order valence-electron chi connectivity index (χ2n) is 9.34. The van der Waals surface area contributed by atoms with Crippen LogP contribution in [0.25, 0.3) is 6.08 Å². The smallest absolute Gasteiger partial charge is 0.272 e. The zero-order chi connectivity index (χ0) is 28.6.